The summed E-state index contributed by atoms with van der Waals surface area (Å²) < 4.78 is 5.77. The van der Waals surface area contributed by atoms with E-state index in [1.54, 1.807) is 0 Å². The highest BCUT2D eigenvalue weighted by Crippen LogP contribution is 2.25. The molecule has 1 aromatic heterocycles. The second kappa shape index (κ2) is 6.35. The standard InChI is InChI=1S/C18H20N2O/c1-2-11-21-18-10-6-5-9-17(18)20-13-14-12-19-16-8-4-3-7-15(14)16/h3-10,12,19-20H,2,11,13H2,1H3. The summed E-state index contributed by atoms with van der Waals surface area (Å²) in [4.78, 5) is 3.30. The van der Waals surface area contributed by atoms with Gasteiger partial charge in [-0.05, 0) is 30.2 Å². The highest BCUT2D eigenvalue weighted by molar-refractivity contribution is 5.83. The largest absolute Gasteiger partial charge is 0.491 e. The summed E-state index contributed by atoms with van der Waals surface area (Å²) >= 11 is 0. The molecule has 0 aliphatic rings. The summed E-state index contributed by atoms with van der Waals surface area (Å²) in [6, 6.07) is 16.4. The molecule has 0 aliphatic heterocycles. The van der Waals surface area contributed by atoms with Crippen molar-refractivity contribution in [1.29, 1.82) is 0 Å². The summed E-state index contributed by atoms with van der Waals surface area (Å²) in [6.07, 6.45) is 3.07. The zero-order chi connectivity index (χ0) is 14.5. The van der Waals surface area contributed by atoms with Crippen LogP contribution in [-0.4, -0.2) is 11.6 Å². The molecule has 0 spiro atoms. The van der Waals surface area contributed by atoms with E-state index in [1.807, 2.05) is 24.3 Å². The molecule has 3 rings (SSSR count). The van der Waals surface area contributed by atoms with E-state index in [9.17, 15) is 0 Å². The second-order valence-electron chi connectivity index (χ2n) is 5.06. The van der Waals surface area contributed by atoms with Gasteiger partial charge >= 0.3 is 0 Å². The number of anilines is 1. The predicted molar refractivity (Wildman–Crippen MR) is 87.9 cm³/mol. The van der Waals surface area contributed by atoms with Crippen molar-refractivity contribution in [1.82, 2.24) is 4.98 Å². The molecule has 0 saturated heterocycles. The molecule has 2 aromatic carbocycles. The Morgan fingerprint density at radius 2 is 1.86 bits per heavy atom. The Hall–Kier alpha value is -2.42. The Balaban J connectivity index is 1.75. The van der Waals surface area contributed by atoms with Crippen LogP contribution in [0.2, 0.25) is 0 Å². The molecule has 2 N–H and O–H groups in total. The average molecular weight is 280 g/mol. The summed E-state index contributed by atoms with van der Waals surface area (Å²) in [5.74, 6) is 0.916. The SMILES string of the molecule is CCCOc1ccccc1NCc1c[nH]c2ccccc12. The van der Waals surface area contributed by atoms with Gasteiger partial charge in [0.15, 0.2) is 0 Å². The van der Waals surface area contributed by atoms with Gasteiger partial charge in [-0.15, -0.1) is 0 Å². The van der Waals surface area contributed by atoms with Gasteiger partial charge in [-0.2, -0.15) is 0 Å². The van der Waals surface area contributed by atoms with Crippen molar-refractivity contribution in [2.75, 3.05) is 11.9 Å². The Morgan fingerprint density at radius 3 is 2.76 bits per heavy atom. The lowest BCUT2D eigenvalue weighted by molar-refractivity contribution is 0.319. The summed E-state index contributed by atoms with van der Waals surface area (Å²) in [7, 11) is 0. The highest BCUT2D eigenvalue weighted by atomic mass is 16.5. The monoisotopic (exact) mass is 280 g/mol. The first kappa shape index (κ1) is 13.6. The summed E-state index contributed by atoms with van der Waals surface area (Å²) in [5.41, 5.74) is 3.47. The number of aromatic nitrogens is 1. The van der Waals surface area contributed by atoms with Crippen LogP contribution in [0.5, 0.6) is 5.75 Å². The topological polar surface area (TPSA) is 37.0 Å². The van der Waals surface area contributed by atoms with E-state index in [-0.39, 0.29) is 0 Å². The number of hydrogen-bond acceptors (Lipinski definition) is 2. The zero-order valence-corrected chi connectivity index (χ0v) is 12.2. The third-order valence-corrected chi connectivity index (χ3v) is 3.49. The molecule has 21 heavy (non-hydrogen) atoms. The number of nitrogens with one attached hydrogen (secondary N) is 2. The van der Waals surface area contributed by atoms with Crippen LogP contribution in [0.4, 0.5) is 5.69 Å². The molecular weight excluding hydrogens is 260 g/mol. The van der Waals surface area contributed by atoms with E-state index >= 15 is 0 Å². The third kappa shape index (κ3) is 3.02. The minimum atomic E-state index is 0.742. The van der Waals surface area contributed by atoms with Gasteiger partial charge in [0.25, 0.3) is 0 Å². The van der Waals surface area contributed by atoms with Gasteiger partial charge in [-0.25, -0.2) is 0 Å². The lowest BCUT2D eigenvalue weighted by Gasteiger charge is -2.12. The molecule has 0 saturated carbocycles. The van der Waals surface area contributed by atoms with Gasteiger partial charge in [0, 0.05) is 23.6 Å². The van der Waals surface area contributed by atoms with Crippen molar-refractivity contribution in [3.63, 3.8) is 0 Å². The second-order valence-corrected chi connectivity index (χ2v) is 5.06. The molecule has 0 unspecified atom stereocenters. The molecule has 0 aliphatic carbocycles. The highest BCUT2D eigenvalue weighted by Gasteiger charge is 2.05. The van der Waals surface area contributed by atoms with Crippen molar-refractivity contribution in [3.05, 3.63) is 60.3 Å². The molecule has 3 aromatic rings. The van der Waals surface area contributed by atoms with Crippen molar-refractivity contribution in [2.24, 2.45) is 0 Å². The van der Waals surface area contributed by atoms with Crippen molar-refractivity contribution < 1.29 is 4.74 Å². The van der Waals surface area contributed by atoms with Gasteiger partial charge in [0.1, 0.15) is 5.75 Å². The van der Waals surface area contributed by atoms with Crippen molar-refractivity contribution in [3.8, 4) is 5.75 Å². The van der Waals surface area contributed by atoms with E-state index in [0.717, 1.165) is 31.0 Å². The van der Waals surface area contributed by atoms with Crippen LogP contribution in [0, 0.1) is 0 Å². The van der Waals surface area contributed by atoms with Crippen LogP contribution < -0.4 is 10.1 Å². The normalized spacial score (nSPS) is 10.7. The molecule has 0 atom stereocenters. The fourth-order valence-electron chi connectivity index (χ4n) is 2.42. The van der Waals surface area contributed by atoms with Gasteiger partial charge in [0.2, 0.25) is 0 Å². The first-order valence-electron chi connectivity index (χ1n) is 7.39. The molecule has 108 valence electrons. The maximum atomic E-state index is 5.77. The maximum absolute atomic E-state index is 5.77. The van der Waals surface area contributed by atoms with Crippen LogP contribution >= 0.6 is 0 Å². The van der Waals surface area contributed by atoms with E-state index in [4.69, 9.17) is 4.74 Å². The first-order valence-corrected chi connectivity index (χ1v) is 7.39. The minimum absolute atomic E-state index is 0.742. The van der Waals surface area contributed by atoms with Crippen molar-refractivity contribution >= 4 is 16.6 Å². The Labute approximate surface area is 125 Å². The number of aromatic amines is 1. The van der Waals surface area contributed by atoms with Gasteiger partial charge in [-0.1, -0.05) is 37.3 Å². The van der Waals surface area contributed by atoms with Crippen LogP contribution in [0.25, 0.3) is 10.9 Å². The van der Waals surface area contributed by atoms with Crippen LogP contribution in [0.15, 0.2) is 54.7 Å². The molecule has 0 radical (unpaired) electrons. The van der Waals surface area contributed by atoms with Crippen LogP contribution in [0.3, 0.4) is 0 Å². The summed E-state index contributed by atoms with van der Waals surface area (Å²) in [5, 5.41) is 4.73. The number of fused-ring (bicyclic) bond motifs is 1. The fraction of sp³-hybridized carbons (Fsp3) is 0.222. The smallest absolute Gasteiger partial charge is 0.142 e. The van der Waals surface area contributed by atoms with Gasteiger partial charge < -0.3 is 15.0 Å². The number of H-pyrrole nitrogens is 1. The zero-order valence-electron chi connectivity index (χ0n) is 12.2. The van der Waals surface area contributed by atoms with Gasteiger partial charge in [0.05, 0.1) is 12.3 Å². The minimum Gasteiger partial charge on any atom is -0.491 e. The quantitative estimate of drug-likeness (QED) is 0.694. The Kier molecular flexibility index (Phi) is 4.10. The van der Waals surface area contributed by atoms with E-state index in [1.165, 1.54) is 16.5 Å². The molecule has 0 amide bonds. The van der Waals surface area contributed by atoms with E-state index in [0.29, 0.717) is 0 Å². The van der Waals surface area contributed by atoms with Crippen molar-refractivity contribution in [2.45, 2.75) is 19.9 Å². The lowest BCUT2D eigenvalue weighted by Crippen LogP contribution is -2.03. The predicted octanol–water partition coefficient (Wildman–Crippen LogP) is 4.57. The van der Waals surface area contributed by atoms with Crippen LogP contribution in [0.1, 0.15) is 18.9 Å². The number of rotatable bonds is 6. The van der Waals surface area contributed by atoms with E-state index in [2.05, 4.69) is 47.7 Å². The van der Waals surface area contributed by atoms with Gasteiger partial charge in [-0.3, -0.25) is 0 Å². The molecule has 1 heterocycles. The number of para-hydroxylation sites is 3. The molecule has 3 heteroatoms. The Bertz CT molecular complexity index is 718. The average Bonchev–Trinajstić information content (AvgIpc) is 2.95. The molecule has 3 nitrogen and oxygen atoms in total. The molecule has 0 fully saturated rings. The molecule has 0 bridgehead atoms. The first-order chi connectivity index (χ1) is 10.4. The number of ether oxygens (including phenoxy) is 1. The fourth-order valence-corrected chi connectivity index (χ4v) is 2.42. The molecular formula is C18H20N2O. The van der Waals surface area contributed by atoms with E-state index < -0.39 is 0 Å². The van der Waals surface area contributed by atoms with Crippen LogP contribution in [-0.2, 0) is 6.54 Å². The lowest BCUT2D eigenvalue weighted by atomic mass is 10.1. The maximum Gasteiger partial charge on any atom is 0.142 e. The third-order valence-electron chi connectivity index (χ3n) is 3.49. The summed E-state index contributed by atoms with van der Waals surface area (Å²) in [6.45, 7) is 3.63. The number of hydrogen-bond donors (Lipinski definition) is 2. The Morgan fingerprint density at radius 1 is 1.05 bits per heavy atom. The number of benzene rings is 2.